The maximum Gasteiger partial charge on any atom is 0.242 e. The first kappa shape index (κ1) is 13.4. The number of benzene rings is 1. The van der Waals surface area contributed by atoms with Gasteiger partial charge in [0.2, 0.25) is 5.91 Å². The van der Waals surface area contributed by atoms with Crippen molar-refractivity contribution in [1.82, 2.24) is 5.32 Å². The second-order valence-corrected chi connectivity index (χ2v) is 6.30. The molecule has 3 nitrogen and oxygen atoms in total. The number of carbonyl (C=O) groups excluding carboxylic acids is 1. The fraction of sp³-hybridized carbons (Fsp3) is 0.385. The van der Waals surface area contributed by atoms with Gasteiger partial charge in [0, 0.05) is 0 Å². The Balaban J connectivity index is 2.23. The number of nitrogens with one attached hydrogen (secondary N) is 1. The van der Waals surface area contributed by atoms with Crippen molar-refractivity contribution >= 4 is 40.1 Å². The van der Waals surface area contributed by atoms with Crippen LogP contribution in [0.3, 0.4) is 0 Å². The molecule has 96 valence electrons. The molecular weight excluding hydrogens is 268 g/mol. The summed E-state index contributed by atoms with van der Waals surface area (Å²) in [5.74, 6) is 0.0279. The van der Waals surface area contributed by atoms with E-state index in [4.69, 9.17) is 11.6 Å². The number of nitrogens with zero attached hydrogens (tertiary/aromatic N) is 1. The molecule has 1 fully saturated rings. The Morgan fingerprint density at radius 1 is 1.44 bits per heavy atom. The third-order valence-corrected chi connectivity index (χ3v) is 4.37. The van der Waals surface area contributed by atoms with Crippen molar-refractivity contribution in [2.45, 2.75) is 31.4 Å². The Kier molecular flexibility index (Phi) is 3.97. The predicted octanol–water partition coefficient (Wildman–Crippen LogP) is 3.75. The average Bonchev–Trinajstić information content (AvgIpc) is 2.58. The van der Waals surface area contributed by atoms with Crippen molar-refractivity contribution < 1.29 is 4.79 Å². The first-order valence-electron chi connectivity index (χ1n) is 5.89. The summed E-state index contributed by atoms with van der Waals surface area (Å²) < 4.78 is -0.408. The number of para-hydroxylation sites is 1. The fourth-order valence-corrected chi connectivity index (χ4v) is 3.20. The summed E-state index contributed by atoms with van der Waals surface area (Å²) in [5, 5.41) is 4.04. The average molecular weight is 283 g/mol. The Morgan fingerprint density at radius 3 is 2.83 bits per heavy atom. The lowest BCUT2D eigenvalue weighted by Crippen LogP contribution is -2.33. The molecule has 0 bridgehead atoms. The van der Waals surface area contributed by atoms with Crippen molar-refractivity contribution in [2.24, 2.45) is 4.99 Å². The van der Waals surface area contributed by atoms with Gasteiger partial charge in [-0.1, -0.05) is 48.8 Å². The maximum absolute atomic E-state index is 11.9. The number of carbonyl (C=O) groups is 1. The number of amides is 1. The van der Waals surface area contributed by atoms with Gasteiger partial charge in [0.25, 0.3) is 0 Å². The monoisotopic (exact) mass is 282 g/mol. The van der Waals surface area contributed by atoms with E-state index in [0.29, 0.717) is 15.9 Å². The van der Waals surface area contributed by atoms with Crippen LogP contribution in [0.15, 0.2) is 29.3 Å². The van der Waals surface area contributed by atoms with E-state index in [-0.39, 0.29) is 5.91 Å². The third-order valence-electron chi connectivity index (χ3n) is 2.82. The molecule has 1 atom stereocenters. The summed E-state index contributed by atoms with van der Waals surface area (Å²) in [5.41, 5.74) is 0.683. The van der Waals surface area contributed by atoms with Gasteiger partial charge in [0.15, 0.2) is 5.17 Å². The van der Waals surface area contributed by atoms with E-state index in [9.17, 15) is 4.79 Å². The lowest BCUT2D eigenvalue weighted by molar-refractivity contribution is -0.121. The van der Waals surface area contributed by atoms with Crippen LogP contribution in [0.4, 0.5) is 5.69 Å². The molecular formula is C13H15ClN2OS. The van der Waals surface area contributed by atoms with Gasteiger partial charge in [-0.15, -0.1) is 0 Å². The van der Waals surface area contributed by atoms with Crippen LogP contribution >= 0.6 is 23.4 Å². The van der Waals surface area contributed by atoms with Gasteiger partial charge in [0.1, 0.15) is 0 Å². The van der Waals surface area contributed by atoms with Gasteiger partial charge in [-0.2, -0.15) is 0 Å². The number of aliphatic imine (C=N–C) groups is 1. The molecule has 1 amide bonds. The molecule has 1 saturated heterocycles. The van der Waals surface area contributed by atoms with E-state index in [1.807, 2.05) is 25.1 Å². The van der Waals surface area contributed by atoms with Crippen LogP contribution < -0.4 is 5.32 Å². The van der Waals surface area contributed by atoms with Crippen LogP contribution in [-0.2, 0) is 4.79 Å². The molecule has 1 aromatic carbocycles. The molecule has 1 aromatic rings. The van der Waals surface area contributed by atoms with Crippen LogP contribution in [0.1, 0.15) is 26.7 Å². The molecule has 1 unspecified atom stereocenters. The second kappa shape index (κ2) is 5.33. The molecule has 1 aliphatic heterocycles. The van der Waals surface area contributed by atoms with E-state index in [1.165, 1.54) is 11.8 Å². The first-order chi connectivity index (χ1) is 8.55. The Hall–Kier alpha value is -1.00. The number of halogens is 1. The normalized spacial score (nSPS) is 25.5. The quantitative estimate of drug-likeness (QED) is 0.917. The predicted molar refractivity (Wildman–Crippen MR) is 77.6 cm³/mol. The zero-order valence-corrected chi connectivity index (χ0v) is 11.9. The molecule has 5 heteroatoms. The fourth-order valence-electron chi connectivity index (χ4n) is 1.86. The van der Waals surface area contributed by atoms with Crippen molar-refractivity contribution in [3.05, 3.63) is 29.3 Å². The number of hydrogen-bond acceptors (Lipinski definition) is 3. The van der Waals surface area contributed by atoms with Gasteiger partial charge in [-0.05, 0) is 25.5 Å². The van der Waals surface area contributed by atoms with Gasteiger partial charge < -0.3 is 5.32 Å². The molecule has 1 N–H and O–H groups in total. The summed E-state index contributed by atoms with van der Waals surface area (Å²) in [6.45, 7) is 4.02. The third kappa shape index (κ3) is 2.70. The lowest BCUT2D eigenvalue weighted by Gasteiger charge is -2.16. The van der Waals surface area contributed by atoms with Crippen molar-refractivity contribution in [2.75, 3.05) is 0 Å². The summed E-state index contributed by atoms with van der Waals surface area (Å²) in [6.07, 6.45) is 1.81. The summed E-state index contributed by atoms with van der Waals surface area (Å²) >= 11 is 7.52. The van der Waals surface area contributed by atoms with Crippen LogP contribution in [0.2, 0.25) is 5.02 Å². The van der Waals surface area contributed by atoms with Crippen LogP contribution in [-0.4, -0.2) is 15.8 Å². The first-order valence-corrected chi connectivity index (χ1v) is 7.08. The molecule has 0 aliphatic carbocycles. The minimum atomic E-state index is -0.408. The van der Waals surface area contributed by atoms with Crippen molar-refractivity contribution in [3.8, 4) is 0 Å². The van der Waals surface area contributed by atoms with Crippen molar-refractivity contribution in [1.29, 1.82) is 0 Å². The maximum atomic E-state index is 11.9. The van der Waals surface area contributed by atoms with Gasteiger partial charge in [0.05, 0.1) is 15.5 Å². The van der Waals surface area contributed by atoms with Crippen LogP contribution in [0.5, 0.6) is 0 Å². The largest absolute Gasteiger partial charge is 0.304 e. The highest BCUT2D eigenvalue weighted by Gasteiger charge is 2.41. The SMILES string of the molecule is CCCC1(C)SC(=Nc2ccccc2Cl)NC1=O. The highest BCUT2D eigenvalue weighted by molar-refractivity contribution is 8.16. The van der Waals surface area contributed by atoms with Crippen LogP contribution in [0.25, 0.3) is 0 Å². The zero-order valence-electron chi connectivity index (χ0n) is 10.4. The molecule has 0 spiro atoms. The number of amidine groups is 1. The molecule has 1 aliphatic rings. The molecule has 18 heavy (non-hydrogen) atoms. The van der Waals surface area contributed by atoms with Gasteiger partial charge in [-0.25, -0.2) is 4.99 Å². The van der Waals surface area contributed by atoms with E-state index < -0.39 is 4.75 Å². The Morgan fingerprint density at radius 2 is 2.17 bits per heavy atom. The summed E-state index contributed by atoms with van der Waals surface area (Å²) in [7, 11) is 0. The van der Waals surface area contributed by atoms with Crippen molar-refractivity contribution in [3.63, 3.8) is 0 Å². The second-order valence-electron chi connectivity index (χ2n) is 4.41. The highest BCUT2D eigenvalue weighted by atomic mass is 35.5. The standard InChI is InChI=1S/C13H15ClN2OS/c1-3-8-13(2)11(17)16-12(18-13)15-10-7-5-4-6-9(10)14/h4-7H,3,8H2,1-2H3,(H,15,16,17). The lowest BCUT2D eigenvalue weighted by atomic mass is 10.0. The molecule has 0 saturated carbocycles. The summed E-state index contributed by atoms with van der Waals surface area (Å²) in [6, 6.07) is 7.34. The zero-order chi connectivity index (χ0) is 13.2. The van der Waals surface area contributed by atoms with Crippen LogP contribution in [0, 0.1) is 0 Å². The smallest absolute Gasteiger partial charge is 0.242 e. The minimum absolute atomic E-state index is 0.0279. The Bertz CT molecular complexity index is 504. The summed E-state index contributed by atoms with van der Waals surface area (Å²) in [4.78, 5) is 16.3. The Labute approximate surface area is 116 Å². The molecule has 1 heterocycles. The molecule has 2 rings (SSSR count). The highest BCUT2D eigenvalue weighted by Crippen LogP contribution is 2.37. The topological polar surface area (TPSA) is 41.5 Å². The number of rotatable bonds is 3. The minimum Gasteiger partial charge on any atom is -0.304 e. The van der Waals surface area contributed by atoms with E-state index in [2.05, 4.69) is 17.2 Å². The molecule has 0 aromatic heterocycles. The van der Waals surface area contributed by atoms with Gasteiger partial charge >= 0.3 is 0 Å². The number of thioether (sulfide) groups is 1. The molecule has 0 radical (unpaired) electrons. The van der Waals surface area contributed by atoms with E-state index >= 15 is 0 Å². The van der Waals surface area contributed by atoms with Gasteiger partial charge in [-0.3, -0.25) is 4.79 Å². The van der Waals surface area contributed by atoms with E-state index in [0.717, 1.165) is 12.8 Å². The van der Waals surface area contributed by atoms with E-state index in [1.54, 1.807) is 6.07 Å². The number of hydrogen-bond donors (Lipinski definition) is 1.